The fourth-order valence-electron chi connectivity index (χ4n) is 3.41. The smallest absolute Gasteiger partial charge is 0.255 e. The molecule has 5 heteroatoms. The maximum atomic E-state index is 12.7. The molecule has 0 aliphatic carbocycles. The number of piperidine rings is 1. The standard InChI is InChI=1S/C16H19N3O2/c17-5-1-2-11-6-12(10-18-9-11)16(21)19-13-3-4-14(19)8-15(20)7-13/h6,9-10,13-15,20H,3-5,7-8,17H2. The van der Waals surface area contributed by atoms with E-state index in [0.29, 0.717) is 24.0 Å². The van der Waals surface area contributed by atoms with Crippen molar-refractivity contribution in [2.75, 3.05) is 6.54 Å². The molecule has 1 amide bonds. The van der Waals surface area contributed by atoms with Gasteiger partial charge < -0.3 is 15.7 Å². The van der Waals surface area contributed by atoms with Crippen molar-refractivity contribution < 1.29 is 9.90 Å². The van der Waals surface area contributed by atoms with Gasteiger partial charge in [0, 0.05) is 30.0 Å². The Labute approximate surface area is 124 Å². The van der Waals surface area contributed by atoms with Crippen molar-refractivity contribution in [1.29, 1.82) is 0 Å². The van der Waals surface area contributed by atoms with Gasteiger partial charge in [0.25, 0.3) is 5.91 Å². The van der Waals surface area contributed by atoms with Crippen LogP contribution in [-0.2, 0) is 0 Å². The Kier molecular flexibility index (Phi) is 3.91. The van der Waals surface area contributed by atoms with Crippen LogP contribution in [0, 0.1) is 11.8 Å². The lowest BCUT2D eigenvalue weighted by atomic mass is 9.99. The van der Waals surface area contributed by atoms with Crippen molar-refractivity contribution in [2.45, 2.75) is 43.9 Å². The number of aliphatic hydroxyl groups is 1. The number of carbonyl (C=O) groups excluding carboxylic acids is 1. The summed E-state index contributed by atoms with van der Waals surface area (Å²) in [6.45, 7) is 0.284. The van der Waals surface area contributed by atoms with Gasteiger partial charge in [-0.25, -0.2) is 0 Å². The van der Waals surface area contributed by atoms with E-state index in [9.17, 15) is 9.90 Å². The van der Waals surface area contributed by atoms with Crippen molar-refractivity contribution in [3.05, 3.63) is 29.6 Å². The Bertz CT molecular complexity index is 591. The SMILES string of the molecule is NCC#Cc1cncc(C(=O)N2C3CCC2CC(O)C3)c1. The van der Waals surface area contributed by atoms with Gasteiger partial charge in [-0.1, -0.05) is 11.8 Å². The van der Waals surface area contributed by atoms with Gasteiger partial charge in [-0.15, -0.1) is 0 Å². The number of fused-ring (bicyclic) bond motifs is 2. The summed E-state index contributed by atoms with van der Waals surface area (Å²) in [5, 5.41) is 9.82. The Morgan fingerprint density at radius 1 is 1.38 bits per heavy atom. The Morgan fingerprint density at radius 2 is 2.10 bits per heavy atom. The van der Waals surface area contributed by atoms with E-state index < -0.39 is 0 Å². The summed E-state index contributed by atoms with van der Waals surface area (Å²) in [6.07, 6.45) is 6.27. The lowest BCUT2D eigenvalue weighted by Gasteiger charge is -2.37. The second kappa shape index (κ2) is 5.84. The van der Waals surface area contributed by atoms with Gasteiger partial charge in [-0.2, -0.15) is 0 Å². The minimum atomic E-state index is -0.272. The van der Waals surface area contributed by atoms with E-state index in [1.165, 1.54) is 0 Å². The number of nitrogens with zero attached hydrogens (tertiary/aromatic N) is 2. The molecule has 2 aliphatic heterocycles. The van der Waals surface area contributed by atoms with E-state index >= 15 is 0 Å². The summed E-state index contributed by atoms with van der Waals surface area (Å²) >= 11 is 0. The van der Waals surface area contributed by atoms with E-state index in [0.717, 1.165) is 12.8 Å². The van der Waals surface area contributed by atoms with Crippen LogP contribution in [0.4, 0.5) is 0 Å². The van der Waals surface area contributed by atoms with Crippen molar-refractivity contribution in [1.82, 2.24) is 9.88 Å². The highest BCUT2D eigenvalue weighted by molar-refractivity contribution is 5.95. The zero-order valence-corrected chi connectivity index (χ0v) is 11.8. The first-order valence-corrected chi connectivity index (χ1v) is 7.33. The fourth-order valence-corrected chi connectivity index (χ4v) is 3.41. The molecule has 3 N–H and O–H groups in total. The maximum Gasteiger partial charge on any atom is 0.255 e. The third-order valence-electron chi connectivity index (χ3n) is 4.26. The van der Waals surface area contributed by atoms with Gasteiger partial charge in [-0.05, 0) is 31.7 Å². The molecule has 2 saturated heterocycles. The van der Waals surface area contributed by atoms with Crippen molar-refractivity contribution in [3.8, 4) is 11.8 Å². The second-order valence-corrected chi connectivity index (χ2v) is 5.69. The van der Waals surface area contributed by atoms with Crippen LogP contribution in [0.3, 0.4) is 0 Å². The first-order chi connectivity index (χ1) is 10.2. The number of rotatable bonds is 1. The molecule has 2 atom stereocenters. The quantitative estimate of drug-likeness (QED) is 0.737. The number of hydrogen-bond donors (Lipinski definition) is 2. The van der Waals surface area contributed by atoms with Crippen LogP contribution >= 0.6 is 0 Å². The number of aromatic nitrogens is 1. The van der Waals surface area contributed by atoms with E-state index in [4.69, 9.17) is 5.73 Å². The summed E-state index contributed by atoms with van der Waals surface area (Å²) in [4.78, 5) is 18.8. The minimum Gasteiger partial charge on any atom is -0.393 e. The molecule has 0 spiro atoms. The molecule has 110 valence electrons. The van der Waals surface area contributed by atoms with Crippen LogP contribution in [0.25, 0.3) is 0 Å². The molecule has 21 heavy (non-hydrogen) atoms. The van der Waals surface area contributed by atoms with E-state index in [1.807, 2.05) is 4.90 Å². The Balaban J connectivity index is 1.83. The molecular weight excluding hydrogens is 266 g/mol. The molecule has 2 fully saturated rings. The maximum absolute atomic E-state index is 12.7. The highest BCUT2D eigenvalue weighted by Gasteiger charge is 2.42. The van der Waals surface area contributed by atoms with E-state index in [-0.39, 0.29) is 30.6 Å². The van der Waals surface area contributed by atoms with Crippen molar-refractivity contribution >= 4 is 5.91 Å². The summed E-state index contributed by atoms with van der Waals surface area (Å²) in [5.41, 5.74) is 6.62. The van der Waals surface area contributed by atoms with Crippen LogP contribution in [0.1, 0.15) is 41.6 Å². The third kappa shape index (κ3) is 2.78. The molecule has 0 aromatic carbocycles. The Morgan fingerprint density at radius 3 is 2.76 bits per heavy atom. The number of carbonyl (C=O) groups is 1. The van der Waals surface area contributed by atoms with Crippen LogP contribution in [0.2, 0.25) is 0 Å². The van der Waals surface area contributed by atoms with Crippen LogP contribution in [-0.4, -0.2) is 45.6 Å². The fraction of sp³-hybridized carbons (Fsp3) is 0.500. The number of amides is 1. The molecule has 5 nitrogen and oxygen atoms in total. The predicted octanol–water partition coefficient (Wildman–Crippen LogP) is 0.520. The topological polar surface area (TPSA) is 79.5 Å². The normalized spacial score (nSPS) is 27.1. The van der Waals surface area contributed by atoms with E-state index in [1.54, 1.807) is 18.5 Å². The molecule has 1 aromatic heterocycles. The van der Waals surface area contributed by atoms with Crippen LogP contribution in [0.15, 0.2) is 18.5 Å². The second-order valence-electron chi connectivity index (χ2n) is 5.69. The molecule has 2 aliphatic rings. The zero-order valence-electron chi connectivity index (χ0n) is 11.8. The van der Waals surface area contributed by atoms with Crippen LogP contribution in [0.5, 0.6) is 0 Å². The van der Waals surface area contributed by atoms with Gasteiger partial charge in [0.1, 0.15) is 0 Å². The zero-order chi connectivity index (χ0) is 14.8. The lowest BCUT2D eigenvalue weighted by Crippen LogP contribution is -2.48. The highest BCUT2D eigenvalue weighted by atomic mass is 16.3. The molecule has 2 bridgehead atoms. The van der Waals surface area contributed by atoms with Crippen molar-refractivity contribution in [2.24, 2.45) is 5.73 Å². The number of nitrogens with two attached hydrogens (primary N) is 1. The first kappa shape index (κ1) is 14.1. The first-order valence-electron chi connectivity index (χ1n) is 7.33. The summed E-state index contributed by atoms with van der Waals surface area (Å²) in [6, 6.07) is 2.08. The molecule has 0 radical (unpaired) electrons. The highest BCUT2D eigenvalue weighted by Crippen LogP contribution is 2.36. The number of aliphatic hydroxyl groups excluding tert-OH is 1. The largest absolute Gasteiger partial charge is 0.393 e. The van der Waals surface area contributed by atoms with Gasteiger partial charge in [0.15, 0.2) is 0 Å². The van der Waals surface area contributed by atoms with Gasteiger partial charge >= 0.3 is 0 Å². The summed E-state index contributed by atoms with van der Waals surface area (Å²) in [5.74, 6) is 5.66. The number of hydrogen-bond acceptors (Lipinski definition) is 4. The molecule has 0 saturated carbocycles. The van der Waals surface area contributed by atoms with Gasteiger partial charge in [0.05, 0.1) is 18.2 Å². The molecule has 1 aromatic rings. The van der Waals surface area contributed by atoms with Gasteiger partial charge in [-0.3, -0.25) is 9.78 Å². The molecule has 3 heterocycles. The average Bonchev–Trinajstić information content (AvgIpc) is 2.76. The van der Waals surface area contributed by atoms with E-state index in [2.05, 4.69) is 16.8 Å². The average molecular weight is 285 g/mol. The van der Waals surface area contributed by atoms with Crippen LogP contribution < -0.4 is 5.73 Å². The number of pyridine rings is 1. The lowest BCUT2D eigenvalue weighted by molar-refractivity contribution is 0.0286. The minimum absolute atomic E-state index is 0.00158. The summed E-state index contributed by atoms with van der Waals surface area (Å²) in [7, 11) is 0. The monoisotopic (exact) mass is 285 g/mol. The van der Waals surface area contributed by atoms with Crippen molar-refractivity contribution in [3.63, 3.8) is 0 Å². The molecular formula is C16H19N3O2. The van der Waals surface area contributed by atoms with Gasteiger partial charge in [0.2, 0.25) is 0 Å². The Hall–Kier alpha value is -1.90. The third-order valence-corrected chi connectivity index (χ3v) is 4.26. The summed E-state index contributed by atoms with van der Waals surface area (Å²) < 4.78 is 0. The molecule has 3 rings (SSSR count). The molecule has 2 unspecified atom stereocenters. The predicted molar refractivity (Wildman–Crippen MR) is 78.4 cm³/mol.